The van der Waals surface area contributed by atoms with Crippen LogP contribution in [0.5, 0.6) is 5.75 Å². The molecule has 3 N–H and O–H groups in total. The minimum absolute atomic E-state index is 0.0151. The third kappa shape index (κ3) is 4.99. The highest BCUT2D eigenvalue weighted by molar-refractivity contribution is 8.01. The summed E-state index contributed by atoms with van der Waals surface area (Å²) >= 11 is 3.50. The van der Waals surface area contributed by atoms with Gasteiger partial charge < -0.3 is 15.8 Å². The molecule has 0 saturated heterocycles. The summed E-state index contributed by atoms with van der Waals surface area (Å²) in [5.41, 5.74) is 7.01. The Bertz CT molecular complexity index is 585. The third-order valence-corrected chi connectivity index (χ3v) is 5.04. The minimum atomic E-state index is -0.0151. The van der Waals surface area contributed by atoms with Crippen molar-refractivity contribution in [3.8, 4) is 5.75 Å². The predicted molar refractivity (Wildman–Crippen MR) is 90.3 cm³/mol. The normalized spacial score (nSPS) is 10.3. The van der Waals surface area contributed by atoms with Crippen LogP contribution in [0.25, 0.3) is 0 Å². The highest BCUT2D eigenvalue weighted by atomic mass is 32.2. The van der Waals surface area contributed by atoms with Gasteiger partial charge in [0.1, 0.15) is 5.75 Å². The monoisotopic (exact) mass is 322 g/mol. The molecule has 0 aliphatic carbocycles. The van der Waals surface area contributed by atoms with Crippen molar-refractivity contribution < 1.29 is 9.53 Å². The Balaban J connectivity index is 1.74. The van der Waals surface area contributed by atoms with Crippen LogP contribution < -0.4 is 15.8 Å². The maximum Gasteiger partial charge on any atom is 0.224 e. The molecule has 0 atom stereocenters. The maximum absolute atomic E-state index is 11.9. The van der Waals surface area contributed by atoms with Gasteiger partial charge >= 0.3 is 0 Å². The van der Waals surface area contributed by atoms with Crippen LogP contribution in [0.4, 0.5) is 11.4 Å². The number of nitrogen functional groups attached to an aromatic ring is 1. The minimum Gasteiger partial charge on any atom is -0.497 e. The number of hydrogen-bond donors (Lipinski definition) is 2. The van der Waals surface area contributed by atoms with Crippen molar-refractivity contribution in [3.05, 3.63) is 35.7 Å². The van der Waals surface area contributed by atoms with E-state index in [1.54, 1.807) is 48.4 Å². The van der Waals surface area contributed by atoms with Gasteiger partial charge in [0.05, 0.1) is 22.7 Å². The Morgan fingerprint density at radius 3 is 2.95 bits per heavy atom. The molecule has 0 unspecified atom stereocenters. The first-order chi connectivity index (χ1) is 10.2. The van der Waals surface area contributed by atoms with Crippen molar-refractivity contribution in [2.75, 3.05) is 23.9 Å². The number of benzene rings is 1. The Kier molecular flexibility index (Phi) is 5.95. The molecule has 21 heavy (non-hydrogen) atoms. The van der Waals surface area contributed by atoms with Gasteiger partial charge in [0.2, 0.25) is 5.91 Å². The molecule has 0 spiro atoms. The van der Waals surface area contributed by atoms with Crippen LogP contribution in [0.2, 0.25) is 0 Å². The van der Waals surface area contributed by atoms with Gasteiger partial charge in [0.15, 0.2) is 0 Å². The standard InChI is InChI=1S/C15H18N2O2S2/c1-19-11-6-7-13(12(16)10-11)17-14(18)4-2-8-20-15-5-3-9-21-15/h3,5-7,9-10H,2,4,8,16H2,1H3,(H,17,18). The highest BCUT2D eigenvalue weighted by Crippen LogP contribution is 2.25. The summed E-state index contributed by atoms with van der Waals surface area (Å²) in [5.74, 6) is 1.60. The second-order valence-electron chi connectivity index (χ2n) is 4.39. The summed E-state index contributed by atoms with van der Waals surface area (Å²) in [6.07, 6.45) is 1.33. The summed E-state index contributed by atoms with van der Waals surface area (Å²) in [6, 6.07) is 9.35. The number of methoxy groups -OCH3 is 1. The molecule has 0 radical (unpaired) electrons. The second-order valence-corrected chi connectivity index (χ2v) is 6.73. The first-order valence-electron chi connectivity index (χ1n) is 6.58. The van der Waals surface area contributed by atoms with Crippen LogP contribution in [0.1, 0.15) is 12.8 Å². The van der Waals surface area contributed by atoms with Gasteiger partial charge in [0.25, 0.3) is 0 Å². The molecule has 0 aliphatic rings. The molecule has 112 valence electrons. The molecular formula is C15H18N2O2S2. The number of thiophene rings is 1. The van der Waals surface area contributed by atoms with E-state index in [9.17, 15) is 4.79 Å². The van der Waals surface area contributed by atoms with E-state index in [-0.39, 0.29) is 5.91 Å². The fourth-order valence-corrected chi connectivity index (χ4v) is 3.55. The number of amides is 1. The summed E-state index contributed by atoms with van der Waals surface area (Å²) in [5, 5.41) is 4.89. The van der Waals surface area contributed by atoms with Crippen LogP contribution in [-0.4, -0.2) is 18.8 Å². The molecule has 2 rings (SSSR count). The molecule has 0 fully saturated rings. The summed E-state index contributed by atoms with van der Waals surface area (Å²) in [4.78, 5) is 11.9. The molecule has 4 nitrogen and oxygen atoms in total. The van der Waals surface area contributed by atoms with Crippen LogP contribution in [-0.2, 0) is 4.79 Å². The zero-order valence-electron chi connectivity index (χ0n) is 11.8. The molecule has 0 aliphatic heterocycles. The lowest BCUT2D eigenvalue weighted by Gasteiger charge is -2.09. The first kappa shape index (κ1) is 15.7. The fourth-order valence-electron chi connectivity index (χ4n) is 1.75. The van der Waals surface area contributed by atoms with Gasteiger partial charge in [-0.05, 0) is 35.8 Å². The van der Waals surface area contributed by atoms with E-state index in [0.717, 1.165) is 12.2 Å². The van der Waals surface area contributed by atoms with E-state index in [0.29, 0.717) is 23.5 Å². The van der Waals surface area contributed by atoms with Gasteiger partial charge in [-0.25, -0.2) is 0 Å². The number of ether oxygens (including phenoxy) is 1. The SMILES string of the molecule is COc1ccc(NC(=O)CCCSc2cccs2)c(N)c1. The molecular weight excluding hydrogens is 304 g/mol. The lowest BCUT2D eigenvalue weighted by atomic mass is 10.2. The Hall–Kier alpha value is -1.66. The van der Waals surface area contributed by atoms with Crippen LogP contribution in [0, 0.1) is 0 Å². The number of rotatable bonds is 7. The van der Waals surface area contributed by atoms with Gasteiger partial charge in [0, 0.05) is 12.5 Å². The molecule has 6 heteroatoms. The van der Waals surface area contributed by atoms with Crippen molar-refractivity contribution in [3.63, 3.8) is 0 Å². The lowest BCUT2D eigenvalue weighted by Crippen LogP contribution is -2.12. The summed E-state index contributed by atoms with van der Waals surface area (Å²) in [7, 11) is 1.58. The number of anilines is 2. The largest absolute Gasteiger partial charge is 0.497 e. The van der Waals surface area contributed by atoms with Crippen molar-refractivity contribution in [1.82, 2.24) is 0 Å². The zero-order chi connectivity index (χ0) is 15.1. The number of nitrogens with two attached hydrogens (primary N) is 1. The molecule has 1 amide bonds. The average Bonchev–Trinajstić information content (AvgIpc) is 2.99. The first-order valence-corrected chi connectivity index (χ1v) is 8.45. The third-order valence-electron chi connectivity index (χ3n) is 2.82. The molecule has 1 aromatic carbocycles. The molecule has 1 heterocycles. The van der Waals surface area contributed by atoms with Crippen molar-refractivity contribution in [1.29, 1.82) is 0 Å². The molecule has 0 bridgehead atoms. The van der Waals surface area contributed by atoms with Gasteiger partial charge in [-0.2, -0.15) is 0 Å². The van der Waals surface area contributed by atoms with Crippen LogP contribution >= 0.6 is 23.1 Å². The zero-order valence-corrected chi connectivity index (χ0v) is 13.4. The van der Waals surface area contributed by atoms with E-state index in [1.807, 2.05) is 6.07 Å². The maximum atomic E-state index is 11.9. The van der Waals surface area contributed by atoms with Gasteiger partial charge in [-0.1, -0.05) is 6.07 Å². The number of carbonyl (C=O) groups is 1. The van der Waals surface area contributed by atoms with E-state index in [2.05, 4.69) is 16.8 Å². The Morgan fingerprint density at radius 2 is 2.29 bits per heavy atom. The Labute approximate surface area is 132 Å². The van der Waals surface area contributed by atoms with E-state index < -0.39 is 0 Å². The molecule has 1 aromatic heterocycles. The second kappa shape index (κ2) is 7.95. The van der Waals surface area contributed by atoms with Crippen LogP contribution in [0.15, 0.2) is 39.9 Å². The lowest BCUT2D eigenvalue weighted by molar-refractivity contribution is -0.116. The van der Waals surface area contributed by atoms with Crippen molar-refractivity contribution >= 4 is 40.4 Å². The van der Waals surface area contributed by atoms with E-state index in [1.165, 1.54) is 4.21 Å². The summed E-state index contributed by atoms with van der Waals surface area (Å²) < 4.78 is 6.36. The summed E-state index contributed by atoms with van der Waals surface area (Å²) in [6.45, 7) is 0. The molecule has 2 aromatic rings. The van der Waals surface area contributed by atoms with E-state index in [4.69, 9.17) is 10.5 Å². The highest BCUT2D eigenvalue weighted by Gasteiger charge is 2.06. The Morgan fingerprint density at radius 1 is 1.43 bits per heavy atom. The van der Waals surface area contributed by atoms with Crippen LogP contribution in [0.3, 0.4) is 0 Å². The molecule has 0 saturated carbocycles. The van der Waals surface area contributed by atoms with Crippen molar-refractivity contribution in [2.45, 2.75) is 17.1 Å². The average molecular weight is 322 g/mol. The van der Waals surface area contributed by atoms with Gasteiger partial charge in [-0.15, -0.1) is 23.1 Å². The van der Waals surface area contributed by atoms with E-state index >= 15 is 0 Å². The topological polar surface area (TPSA) is 64.3 Å². The van der Waals surface area contributed by atoms with Gasteiger partial charge in [-0.3, -0.25) is 4.79 Å². The quantitative estimate of drug-likeness (QED) is 0.462. The fraction of sp³-hybridized carbons (Fsp3) is 0.267. The number of hydrogen-bond acceptors (Lipinski definition) is 5. The smallest absolute Gasteiger partial charge is 0.224 e. The number of thioether (sulfide) groups is 1. The van der Waals surface area contributed by atoms with Crippen molar-refractivity contribution in [2.24, 2.45) is 0 Å². The number of nitrogens with one attached hydrogen (secondary N) is 1. The predicted octanol–water partition coefficient (Wildman–Crippen LogP) is 3.85. The number of carbonyl (C=O) groups excluding carboxylic acids is 1.